The molecule has 0 atom stereocenters. The second-order valence-electron chi connectivity index (χ2n) is 6.87. The quantitative estimate of drug-likeness (QED) is 0.808. The van der Waals surface area contributed by atoms with Crippen molar-refractivity contribution in [1.82, 2.24) is 4.72 Å². The molecule has 2 aromatic rings. The third kappa shape index (κ3) is 4.01. The molecule has 0 radical (unpaired) electrons. The van der Waals surface area contributed by atoms with E-state index in [1.807, 2.05) is 12.1 Å². The van der Waals surface area contributed by atoms with Crippen molar-refractivity contribution < 1.29 is 17.9 Å². The molecule has 0 spiro atoms. The Morgan fingerprint density at radius 2 is 1.93 bits per heavy atom. The normalized spacial score (nSPS) is 19.2. The van der Waals surface area contributed by atoms with Gasteiger partial charge in [0.05, 0.1) is 11.0 Å². The molecule has 1 heterocycles. The van der Waals surface area contributed by atoms with Crippen LogP contribution in [0.1, 0.15) is 31.2 Å². The second kappa shape index (κ2) is 7.63. The lowest BCUT2D eigenvalue weighted by Gasteiger charge is -2.14. The fraction of sp³-hybridized carbons (Fsp3) is 0.300. The minimum atomic E-state index is -3.61. The SMILES string of the molecule is O=C(CN=C1NS(=O)(=O)c2ccccc21)Nc1cccc(OC2CCCC2)c1. The van der Waals surface area contributed by atoms with Crippen LogP contribution in [0.2, 0.25) is 0 Å². The average molecular weight is 399 g/mol. The summed E-state index contributed by atoms with van der Waals surface area (Å²) in [7, 11) is -3.61. The van der Waals surface area contributed by atoms with Crippen molar-refractivity contribution in [2.45, 2.75) is 36.7 Å². The molecule has 4 rings (SSSR count). The predicted molar refractivity (Wildman–Crippen MR) is 106 cm³/mol. The third-order valence-electron chi connectivity index (χ3n) is 4.77. The van der Waals surface area contributed by atoms with E-state index in [1.165, 1.54) is 18.9 Å². The van der Waals surface area contributed by atoms with Crippen LogP contribution >= 0.6 is 0 Å². The van der Waals surface area contributed by atoms with E-state index in [9.17, 15) is 13.2 Å². The first-order valence-corrected chi connectivity index (χ1v) is 10.7. The van der Waals surface area contributed by atoms with Crippen LogP contribution in [0.15, 0.2) is 58.4 Å². The molecule has 1 fully saturated rings. The highest BCUT2D eigenvalue weighted by Gasteiger charge is 2.30. The fourth-order valence-corrected chi connectivity index (χ4v) is 4.70. The van der Waals surface area contributed by atoms with Gasteiger partial charge >= 0.3 is 0 Å². The molecule has 2 aliphatic rings. The number of anilines is 1. The minimum Gasteiger partial charge on any atom is -0.490 e. The van der Waals surface area contributed by atoms with E-state index in [2.05, 4.69) is 15.0 Å². The first kappa shape index (κ1) is 18.5. The summed E-state index contributed by atoms with van der Waals surface area (Å²) in [5.74, 6) is 0.576. The molecule has 0 unspecified atom stereocenters. The van der Waals surface area contributed by atoms with Crippen LogP contribution in [-0.2, 0) is 14.8 Å². The van der Waals surface area contributed by atoms with E-state index in [-0.39, 0.29) is 29.3 Å². The number of carbonyl (C=O) groups is 1. The molecule has 0 saturated heterocycles. The first-order valence-electron chi connectivity index (χ1n) is 9.24. The average Bonchev–Trinajstić information content (AvgIpc) is 3.27. The standard InChI is InChI=1S/C20H21N3O4S/c24-19(13-21-20-17-10-3-4-11-18(17)28(25,26)23-20)22-14-6-5-9-16(12-14)27-15-7-1-2-8-15/h3-6,9-12,15H,1-2,7-8,13H2,(H,21,23)(H,22,24). The number of aliphatic imine (C=N–C) groups is 1. The van der Waals surface area contributed by atoms with Crippen LogP contribution in [0.5, 0.6) is 5.75 Å². The molecule has 2 N–H and O–H groups in total. The van der Waals surface area contributed by atoms with E-state index < -0.39 is 10.0 Å². The van der Waals surface area contributed by atoms with Crippen LogP contribution in [0, 0.1) is 0 Å². The van der Waals surface area contributed by atoms with Gasteiger partial charge in [0.2, 0.25) is 5.91 Å². The van der Waals surface area contributed by atoms with E-state index >= 15 is 0 Å². The number of ether oxygens (including phenoxy) is 1. The number of hydrogen-bond donors (Lipinski definition) is 2. The molecule has 1 aliphatic heterocycles. The van der Waals surface area contributed by atoms with Crippen molar-refractivity contribution in [3.8, 4) is 5.75 Å². The number of amides is 1. The number of sulfonamides is 1. The molecule has 7 nitrogen and oxygen atoms in total. The minimum absolute atomic E-state index is 0.172. The van der Waals surface area contributed by atoms with Crippen molar-refractivity contribution in [2.75, 3.05) is 11.9 Å². The van der Waals surface area contributed by atoms with E-state index in [0.29, 0.717) is 11.3 Å². The van der Waals surface area contributed by atoms with Crippen molar-refractivity contribution in [2.24, 2.45) is 4.99 Å². The summed E-state index contributed by atoms with van der Waals surface area (Å²) in [6, 6.07) is 13.8. The lowest BCUT2D eigenvalue weighted by atomic mass is 10.2. The van der Waals surface area contributed by atoms with Gasteiger partial charge in [-0.25, -0.2) is 8.42 Å². The predicted octanol–water partition coefficient (Wildman–Crippen LogP) is 2.69. The van der Waals surface area contributed by atoms with Gasteiger partial charge in [0.1, 0.15) is 18.1 Å². The van der Waals surface area contributed by atoms with Gasteiger partial charge in [-0.15, -0.1) is 0 Å². The lowest BCUT2D eigenvalue weighted by molar-refractivity contribution is -0.114. The zero-order valence-corrected chi connectivity index (χ0v) is 16.0. The zero-order chi connectivity index (χ0) is 19.6. The van der Waals surface area contributed by atoms with E-state index in [0.717, 1.165) is 18.6 Å². The number of nitrogens with one attached hydrogen (secondary N) is 2. The smallest absolute Gasteiger partial charge is 0.263 e. The summed E-state index contributed by atoms with van der Waals surface area (Å²) in [5.41, 5.74) is 1.09. The van der Waals surface area contributed by atoms with Crippen LogP contribution in [0.4, 0.5) is 5.69 Å². The topological polar surface area (TPSA) is 96.9 Å². The van der Waals surface area contributed by atoms with Crippen LogP contribution in [-0.4, -0.2) is 32.8 Å². The summed E-state index contributed by atoms with van der Waals surface area (Å²) in [6.07, 6.45) is 4.74. The highest BCUT2D eigenvalue weighted by molar-refractivity contribution is 7.90. The fourth-order valence-electron chi connectivity index (χ4n) is 3.45. The summed E-state index contributed by atoms with van der Waals surface area (Å²) < 4.78 is 32.5. The summed E-state index contributed by atoms with van der Waals surface area (Å²) in [5, 5.41) is 2.77. The number of amidine groups is 1. The zero-order valence-electron chi connectivity index (χ0n) is 15.2. The van der Waals surface area contributed by atoms with Gasteiger partial charge in [-0.05, 0) is 49.9 Å². The van der Waals surface area contributed by atoms with Gasteiger partial charge in [0.15, 0.2) is 0 Å². The molecule has 0 aromatic heterocycles. The van der Waals surface area contributed by atoms with Crippen molar-refractivity contribution in [1.29, 1.82) is 0 Å². The lowest BCUT2D eigenvalue weighted by Crippen LogP contribution is -2.24. The molecule has 28 heavy (non-hydrogen) atoms. The number of carbonyl (C=O) groups excluding carboxylic acids is 1. The molecule has 1 amide bonds. The Hall–Kier alpha value is -2.87. The maximum absolute atomic E-state index is 12.3. The van der Waals surface area contributed by atoms with Crippen molar-refractivity contribution in [3.05, 3.63) is 54.1 Å². The van der Waals surface area contributed by atoms with Crippen LogP contribution < -0.4 is 14.8 Å². The maximum atomic E-state index is 12.3. The van der Waals surface area contributed by atoms with Gasteiger partial charge in [0, 0.05) is 17.3 Å². The third-order valence-corrected chi connectivity index (χ3v) is 6.16. The van der Waals surface area contributed by atoms with Crippen molar-refractivity contribution >= 4 is 27.5 Å². The molecule has 0 bridgehead atoms. The molecule has 1 saturated carbocycles. The molecule has 8 heteroatoms. The van der Waals surface area contributed by atoms with Gasteiger partial charge in [0.25, 0.3) is 10.0 Å². The van der Waals surface area contributed by atoms with Gasteiger partial charge in [-0.2, -0.15) is 0 Å². The van der Waals surface area contributed by atoms with Crippen LogP contribution in [0.25, 0.3) is 0 Å². The Balaban J connectivity index is 1.41. The Morgan fingerprint density at radius 1 is 1.14 bits per heavy atom. The largest absolute Gasteiger partial charge is 0.490 e. The number of rotatable bonds is 5. The monoisotopic (exact) mass is 399 g/mol. The van der Waals surface area contributed by atoms with Crippen LogP contribution in [0.3, 0.4) is 0 Å². The van der Waals surface area contributed by atoms with Gasteiger partial charge in [-0.1, -0.05) is 18.2 Å². The highest BCUT2D eigenvalue weighted by Crippen LogP contribution is 2.26. The molecular weight excluding hydrogens is 378 g/mol. The summed E-state index contributed by atoms with van der Waals surface area (Å²) in [6.45, 7) is -0.195. The maximum Gasteiger partial charge on any atom is 0.263 e. The summed E-state index contributed by atoms with van der Waals surface area (Å²) >= 11 is 0. The first-order chi connectivity index (χ1) is 13.5. The molecule has 146 valence electrons. The molecule has 1 aliphatic carbocycles. The Bertz CT molecular complexity index is 1030. The van der Waals surface area contributed by atoms with E-state index in [1.54, 1.807) is 30.3 Å². The Kier molecular flexibility index (Phi) is 5.04. The number of benzene rings is 2. The number of fused-ring (bicyclic) bond motifs is 1. The molecular formula is C20H21N3O4S. The Labute approximate surface area is 163 Å². The number of hydrogen-bond acceptors (Lipinski definition) is 5. The molecule has 2 aromatic carbocycles. The Morgan fingerprint density at radius 3 is 2.75 bits per heavy atom. The van der Waals surface area contributed by atoms with Crippen molar-refractivity contribution in [3.63, 3.8) is 0 Å². The van der Waals surface area contributed by atoms with Gasteiger partial charge in [-0.3, -0.25) is 14.5 Å². The van der Waals surface area contributed by atoms with E-state index in [4.69, 9.17) is 4.74 Å². The van der Waals surface area contributed by atoms with Gasteiger partial charge < -0.3 is 10.1 Å². The number of nitrogens with zero attached hydrogens (tertiary/aromatic N) is 1. The second-order valence-corrected chi connectivity index (χ2v) is 8.52. The highest BCUT2D eigenvalue weighted by atomic mass is 32.2. The summed E-state index contributed by atoms with van der Waals surface area (Å²) in [4.78, 5) is 16.6.